The van der Waals surface area contributed by atoms with Crippen LogP contribution in [0.15, 0.2) is 24.3 Å². The fourth-order valence-electron chi connectivity index (χ4n) is 1.14. The van der Waals surface area contributed by atoms with Crippen molar-refractivity contribution in [3.05, 3.63) is 36.4 Å². The zero-order chi connectivity index (χ0) is 7.84. The lowest BCUT2D eigenvalue weighted by atomic mass is 10.1. The highest BCUT2D eigenvalue weighted by Crippen LogP contribution is 2.29. The molecular formula is C9H6NO. The molecule has 11 heavy (non-hydrogen) atoms. The second kappa shape index (κ2) is 1.95. The van der Waals surface area contributed by atoms with Crippen LogP contribution in [0.4, 0.5) is 5.69 Å². The van der Waals surface area contributed by atoms with Gasteiger partial charge >= 0.3 is 0 Å². The minimum atomic E-state index is -0.203. The summed E-state index contributed by atoms with van der Waals surface area (Å²) in [5.74, 6) is -0.203. The first-order chi connectivity index (χ1) is 5.29. The summed E-state index contributed by atoms with van der Waals surface area (Å²) in [5.41, 5.74) is 1.91. The minimum absolute atomic E-state index is 0.203. The molecule has 1 aromatic rings. The molecule has 0 aliphatic carbocycles. The molecule has 1 heterocycles. The van der Waals surface area contributed by atoms with E-state index in [0.29, 0.717) is 5.57 Å². The van der Waals surface area contributed by atoms with Crippen molar-refractivity contribution < 1.29 is 4.79 Å². The SMILES string of the molecule is [CH]=C1C(=O)Nc2ccccc21. The van der Waals surface area contributed by atoms with Crippen LogP contribution in [-0.2, 0) is 4.79 Å². The lowest BCUT2D eigenvalue weighted by molar-refractivity contribution is -0.110. The number of fused-ring (bicyclic) bond motifs is 1. The molecule has 2 nitrogen and oxygen atoms in total. The van der Waals surface area contributed by atoms with E-state index in [2.05, 4.69) is 5.32 Å². The van der Waals surface area contributed by atoms with Gasteiger partial charge in [-0.25, -0.2) is 0 Å². The van der Waals surface area contributed by atoms with Crippen molar-refractivity contribution in [3.8, 4) is 0 Å². The highest BCUT2D eigenvalue weighted by atomic mass is 16.1. The third-order valence-electron chi connectivity index (χ3n) is 1.71. The van der Waals surface area contributed by atoms with Gasteiger partial charge in [-0.1, -0.05) is 18.2 Å². The van der Waals surface area contributed by atoms with Gasteiger partial charge in [-0.3, -0.25) is 4.79 Å². The van der Waals surface area contributed by atoms with Crippen LogP contribution in [0.5, 0.6) is 0 Å². The van der Waals surface area contributed by atoms with Crippen molar-refractivity contribution in [3.63, 3.8) is 0 Å². The van der Waals surface area contributed by atoms with E-state index in [1.807, 2.05) is 24.3 Å². The highest BCUT2D eigenvalue weighted by Gasteiger charge is 2.20. The Morgan fingerprint density at radius 2 is 2.00 bits per heavy atom. The molecule has 0 spiro atoms. The molecule has 1 N–H and O–H groups in total. The minimum Gasteiger partial charge on any atom is -0.321 e. The maximum atomic E-state index is 11.0. The summed E-state index contributed by atoms with van der Waals surface area (Å²) in [5, 5.41) is 2.65. The summed E-state index contributed by atoms with van der Waals surface area (Å²) < 4.78 is 0. The maximum Gasteiger partial charge on any atom is 0.256 e. The Morgan fingerprint density at radius 1 is 1.27 bits per heavy atom. The van der Waals surface area contributed by atoms with Crippen molar-refractivity contribution in [2.75, 3.05) is 5.32 Å². The molecule has 0 unspecified atom stereocenters. The van der Waals surface area contributed by atoms with Gasteiger partial charge in [-0.05, 0) is 12.6 Å². The van der Waals surface area contributed by atoms with Crippen molar-refractivity contribution in [2.45, 2.75) is 0 Å². The quantitative estimate of drug-likeness (QED) is 0.548. The summed E-state index contributed by atoms with van der Waals surface area (Å²) in [6, 6.07) is 7.36. The standard InChI is InChI=1S/C9H6NO/c1-6-7-4-2-3-5-8(7)10-9(6)11/h1-5H,(H,10,11). The molecule has 1 aromatic carbocycles. The van der Waals surface area contributed by atoms with Crippen LogP contribution in [0.1, 0.15) is 5.56 Å². The Hall–Kier alpha value is -1.57. The molecule has 53 valence electrons. The molecule has 1 radical (unpaired) electrons. The molecule has 1 amide bonds. The summed E-state index contributed by atoms with van der Waals surface area (Å²) >= 11 is 0. The molecule has 0 aromatic heterocycles. The van der Waals surface area contributed by atoms with Crippen LogP contribution >= 0.6 is 0 Å². The van der Waals surface area contributed by atoms with Gasteiger partial charge in [0.1, 0.15) is 0 Å². The maximum absolute atomic E-state index is 11.0. The van der Waals surface area contributed by atoms with Gasteiger partial charge in [0, 0.05) is 16.8 Å². The Balaban J connectivity index is 2.64. The predicted molar refractivity (Wildman–Crippen MR) is 42.8 cm³/mol. The topological polar surface area (TPSA) is 29.1 Å². The number of para-hydroxylation sites is 1. The van der Waals surface area contributed by atoms with Gasteiger partial charge in [0.2, 0.25) is 0 Å². The van der Waals surface area contributed by atoms with E-state index >= 15 is 0 Å². The fraction of sp³-hybridized carbons (Fsp3) is 0. The summed E-state index contributed by atoms with van der Waals surface area (Å²) in [6.07, 6.45) is 0. The second-order valence-corrected chi connectivity index (χ2v) is 2.41. The number of hydrogen-bond acceptors (Lipinski definition) is 1. The van der Waals surface area contributed by atoms with E-state index in [1.165, 1.54) is 0 Å². The van der Waals surface area contributed by atoms with Gasteiger partial charge in [-0.15, -0.1) is 0 Å². The summed E-state index contributed by atoms with van der Waals surface area (Å²) in [4.78, 5) is 11.0. The first-order valence-electron chi connectivity index (χ1n) is 3.32. The normalized spacial score (nSPS) is 14.5. The van der Waals surface area contributed by atoms with E-state index in [0.717, 1.165) is 11.3 Å². The molecule has 0 saturated heterocycles. The summed E-state index contributed by atoms with van der Waals surface area (Å²) in [7, 11) is 0. The van der Waals surface area contributed by atoms with Crippen LogP contribution in [0.3, 0.4) is 0 Å². The Labute approximate surface area is 64.5 Å². The number of anilines is 1. The smallest absolute Gasteiger partial charge is 0.256 e. The van der Waals surface area contributed by atoms with Crippen molar-refractivity contribution in [1.29, 1.82) is 0 Å². The Bertz CT molecular complexity index is 341. The van der Waals surface area contributed by atoms with Crippen LogP contribution in [0.25, 0.3) is 5.57 Å². The zero-order valence-corrected chi connectivity index (χ0v) is 5.79. The van der Waals surface area contributed by atoms with Gasteiger partial charge in [0.25, 0.3) is 5.91 Å². The number of hydrogen-bond donors (Lipinski definition) is 1. The lowest BCUT2D eigenvalue weighted by Crippen LogP contribution is -2.02. The van der Waals surface area contributed by atoms with Crippen molar-refractivity contribution in [1.82, 2.24) is 0 Å². The summed E-state index contributed by atoms with van der Waals surface area (Å²) in [6.45, 7) is 5.49. The number of carbonyl (C=O) groups excluding carboxylic acids is 1. The van der Waals surface area contributed by atoms with Crippen molar-refractivity contribution >= 4 is 17.2 Å². The van der Waals surface area contributed by atoms with Gasteiger partial charge in [0.15, 0.2) is 0 Å². The average Bonchev–Trinajstić information content (AvgIpc) is 2.30. The van der Waals surface area contributed by atoms with E-state index in [4.69, 9.17) is 6.58 Å². The van der Waals surface area contributed by atoms with Crippen LogP contribution in [0, 0.1) is 6.58 Å². The third-order valence-corrected chi connectivity index (χ3v) is 1.71. The predicted octanol–water partition coefficient (Wildman–Crippen LogP) is 1.46. The fourth-order valence-corrected chi connectivity index (χ4v) is 1.14. The van der Waals surface area contributed by atoms with E-state index < -0.39 is 0 Å². The Morgan fingerprint density at radius 3 is 2.73 bits per heavy atom. The van der Waals surface area contributed by atoms with Gasteiger partial charge in [0.05, 0.1) is 0 Å². The molecule has 0 bridgehead atoms. The lowest BCUT2D eigenvalue weighted by Gasteiger charge is -1.93. The Kier molecular flexibility index (Phi) is 1.09. The van der Waals surface area contributed by atoms with Gasteiger partial charge < -0.3 is 5.32 Å². The molecule has 0 fully saturated rings. The molecular weight excluding hydrogens is 138 g/mol. The number of nitrogens with one attached hydrogen (secondary N) is 1. The van der Waals surface area contributed by atoms with Crippen LogP contribution in [-0.4, -0.2) is 5.91 Å². The molecule has 1 aliphatic heterocycles. The third kappa shape index (κ3) is 0.759. The first kappa shape index (κ1) is 6.16. The van der Waals surface area contributed by atoms with Crippen molar-refractivity contribution in [2.24, 2.45) is 0 Å². The highest BCUT2D eigenvalue weighted by molar-refractivity contribution is 6.30. The number of benzene rings is 1. The second-order valence-electron chi connectivity index (χ2n) is 2.41. The molecule has 2 heteroatoms. The largest absolute Gasteiger partial charge is 0.321 e. The average molecular weight is 144 g/mol. The number of carbonyl (C=O) groups is 1. The van der Waals surface area contributed by atoms with E-state index in [9.17, 15) is 4.79 Å². The van der Waals surface area contributed by atoms with Crippen LogP contribution < -0.4 is 5.32 Å². The monoisotopic (exact) mass is 144 g/mol. The van der Waals surface area contributed by atoms with Crippen LogP contribution in [0.2, 0.25) is 0 Å². The molecule has 1 aliphatic rings. The van der Waals surface area contributed by atoms with Gasteiger partial charge in [-0.2, -0.15) is 0 Å². The number of amides is 1. The number of rotatable bonds is 0. The van der Waals surface area contributed by atoms with E-state index in [-0.39, 0.29) is 5.91 Å². The molecule has 0 atom stereocenters. The zero-order valence-electron chi connectivity index (χ0n) is 5.79. The molecule has 2 rings (SSSR count). The van der Waals surface area contributed by atoms with E-state index in [1.54, 1.807) is 0 Å². The molecule has 0 saturated carbocycles. The first-order valence-corrected chi connectivity index (χ1v) is 3.32.